The Bertz CT molecular complexity index is 1110. The van der Waals surface area contributed by atoms with E-state index in [4.69, 9.17) is 24.8 Å². The van der Waals surface area contributed by atoms with Crippen LogP contribution in [0.25, 0.3) is 11.2 Å². The Labute approximate surface area is 178 Å². The molecule has 3 rings (SSSR count). The predicted molar refractivity (Wildman–Crippen MR) is 106 cm³/mol. The van der Waals surface area contributed by atoms with Crippen molar-refractivity contribution in [1.29, 1.82) is 0 Å². The smallest absolute Gasteiger partial charge is 0.347 e. The van der Waals surface area contributed by atoms with Crippen molar-refractivity contribution in [3.05, 3.63) is 12.7 Å². The first kappa shape index (κ1) is 24.7. The zero-order valence-electron chi connectivity index (χ0n) is 15.2. The minimum absolute atomic E-state index is 0.0739. The van der Waals surface area contributed by atoms with Crippen LogP contribution in [0.1, 0.15) is 6.23 Å². The number of ether oxygens (including phenoxy) is 1. The van der Waals surface area contributed by atoms with E-state index in [2.05, 4.69) is 31.1 Å². The van der Waals surface area contributed by atoms with E-state index in [9.17, 15) is 29.1 Å². The monoisotopic (exact) mass is 521 g/mol. The van der Waals surface area contributed by atoms with Crippen molar-refractivity contribution in [3.8, 4) is 0 Å². The first-order valence-corrected chi connectivity index (χ1v) is 14.3. The zero-order valence-corrected chi connectivity index (χ0v) is 18.7. The Morgan fingerprint density at radius 2 is 1.81 bits per heavy atom. The van der Waals surface area contributed by atoms with Crippen LogP contribution >= 0.6 is 21.9 Å². The maximum absolute atomic E-state index is 12.1. The second-order valence-corrected chi connectivity index (χ2v) is 13.4. The van der Waals surface area contributed by atoms with Crippen LogP contribution in [-0.2, 0) is 34.5 Å². The van der Waals surface area contributed by atoms with Crippen molar-refractivity contribution in [1.82, 2.24) is 19.5 Å². The lowest BCUT2D eigenvalue weighted by Gasteiger charge is -2.20. The molecule has 0 radical (unpaired) electrons. The van der Waals surface area contributed by atoms with Gasteiger partial charge in [0.15, 0.2) is 23.6 Å². The van der Waals surface area contributed by atoms with Gasteiger partial charge in [-0.25, -0.2) is 19.3 Å². The highest BCUT2D eigenvalue weighted by atomic mass is 32.5. The third-order valence-corrected chi connectivity index (χ3v) is 9.91. The fourth-order valence-corrected chi connectivity index (χ4v) is 8.25. The summed E-state index contributed by atoms with van der Waals surface area (Å²) in [5.74, 6) is -1.43. The molecular formula is C11H18N5O11P3S. The summed E-state index contributed by atoms with van der Waals surface area (Å²) in [5, 5.41) is 20.5. The lowest BCUT2D eigenvalue weighted by Crippen LogP contribution is -2.33. The highest BCUT2D eigenvalue weighted by molar-refractivity contribution is 8.08. The summed E-state index contributed by atoms with van der Waals surface area (Å²) < 4.78 is 39.2. The van der Waals surface area contributed by atoms with Gasteiger partial charge in [-0.05, 0) is 11.8 Å². The molecule has 3 heterocycles. The van der Waals surface area contributed by atoms with Gasteiger partial charge in [0.25, 0.3) is 0 Å². The van der Waals surface area contributed by atoms with E-state index in [1.807, 2.05) is 0 Å². The van der Waals surface area contributed by atoms with Gasteiger partial charge in [-0.2, -0.15) is 0 Å². The van der Waals surface area contributed by atoms with Crippen LogP contribution in [0.15, 0.2) is 12.7 Å². The minimum atomic E-state index is -4.99. The van der Waals surface area contributed by atoms with Gasteiger partial charge in [0, 0.05) is 0 Å². The van der Waals surface area contributed by atoms with E-state index in [-0.39, 0.29) is 17.0 Å². The van der Waals surface area contributed by atoms with Crippen molar-refractivity contribution in [2.75, 3.05) is 18.2 Å². The van der Waals surface area contributed by atoms with Gasteiger partial charge < -0.3 is 44.8 Å². The number of aliphatic hydroxyl groups excluding tert-OH is 2. The Kier molecular flexibility index (Phi) is 7.02. The summed E-state index contributed by atoms with van der Waals surface area (Å²) in [6.45, 7) is -5.36. The fraction of sp³-hybridized carbons (Fsp3) is 0.545. The van der Waals surface area contributed by atoms with Gasteiger partial charge >= 0.3 is 21.9 Å². The maximum Gasteiger partial charge on any atom is 0.347 e. The molecule has 174 valence electrons. The molecule has 0 amide bonds. The molecule has 0 saturated carbocycles. The Hall–Kier alpha value is -0.900. The van der Waals surface area contributed by atoms with E-state index in [0.29, 0.717) is 0 Å². The number of aromatic nitrogens is 4. The summed E-state index contributed by atoms with van der Waals surface area (Å²) in [6, 6.07) is 0. The highest BCUT2D eigenvalue weighted by Crippen LogP contribution is 2.64. The molecule has 0 spiro atoms. The van der Waals surface area contributed by atoms with Gasteiger partial charge in [-0.1, -0.05) is 0 Å². The van der Waals surface area contributed by atoms with Crippen LogP contribution in [0.5, 0.6) is 0 Å². The number of nitrogens with two attached hydrogens (primary N) is 1. The molecule has 8 N–H and O–H groups in total. The van der Waals surface area contributed by atoms with E-state index >= 15 is 0 Å². The lowest BCUT2D eigenvalue weighted by atomic mass is 10.1. The molecule has 1 fully saturated rings. The standard InChI is InChI=1S/C11H18N5O11P3S/c12-9-6-10(14-2-13-9)16(3-15-6)11-8(18)7(17)5(26-11)1-25-28(19,20)4-29(21,22)27-30(23,24)31/h2-3,5,7-8,11,17-18H,1,4H2,(H,19,20)(H,21,22)(H2,12,13,14)(H2,23,24,31)/t5?,7-,8-,11-/m1/s1. The SMILES string of the molecule is Nc1ncnc2c1ncn2[C@@H]1OC(COP(=O)(O)CP(=O)(O)OP(O)(O)=S)[C@@H](O)[C@H]1O. The van der Waals surface area contributed by atoms with Crippen LogP contribution in [0.3, 0.4) is 0 Å². The van der Waals surface area contributed by atoms with Crippen LogP contribution in [0.2, 0.25) is 0 Å². The van der Waals surface area contributed by atoms with Crippen molar-refractivity contribution < 1.29 is 52.5 Å². The average Bonchev–Trinajstić information content (AvgIpc) is 3.13. The molecular weight excluding hydrogens is 503 g/mol. The van der Waals surface area contributed by atoms with Gasteiger partial charge in [0.05, 0.1) is 12.9 Å². The zero-order chi connectivity index (χ0) is 23.2. The van der Waals surface area contributed by atoms with Gasteiger partial charge in [-0.3, -0.25) is 13.7 Å². The number of hydrogen-bond donors (Lipinski definition) is 7. The van der Waals surface area contributed by atoms with Gasteiger partial charge in [0.1, 0.15) is 30.2 Å². The molecule has 31 heavy (non-hydrogen) atoms. The number of nitrogen functional groups attached to an aromatic ring is 1. The Balaban J connectivity index is 1.69. The number of rotatable bonds is 8. The van der Waals surface area contributed by atoms with E-state index in [1.165, 1.54) is 10.9 Å². The van der Waals surface area contributed by atoms with Gasteiger partial charge in [-0.15, -0.1) is 0 Å². The number of fused-ring (bicyclic) bond motifs is 1. The summed E-state index contributed by atoms with van der Waals surface area (Å²) in [5.41, 5.74) is 6.11. The number of anilines is 1. The second-order valence-electron chi connectivity index (χ2n) is 6.41. The molecule has 1 aliphatic rings. The topological polar surface area (TPSA) is 253 Å². The Morgan fingerprint density at radius 3 is 2.45 bits per heavy atom. The first-order chi connectivity index (χ1) is 14.2. The maximum atomic E-state index is 12.1. The van der Waals surface area contributed by atoms with Crippen molar-refractivity contribution in [2.45, 2.75) is 24.5 Å². The molecule has 20 heteroatoms. The number of hydrogen-bond acceptors (Lipinski definition) is 12. The van der Waals surface area contributed by atoms with E-state index in [1.54, 1.807) is 0 Å². The molecule has 2 aromatic rings. The van der Waals surface area contributed by atoms with Crippen molar-refractivity contribution >= 4 is 50.7 Å². The molecule has 16 nitrogen and oxygen atoms in total. The third-order valence-electron chi connectivity index (χ3n) is 4.03. The summed E-state index contributed by atoms with van der Waals surface area (Å²) in [6.07, 6.45) is -3.27. The van der Waals surface area contributed by atoms with Crippen molar-refractivity contribution in [3.63, 3.8) is 0 Å². The quantitative estimate of drug-likeness (QED) is 0.197. The van der Waals surface area contributed by atoms with Gasteiger partial charge in [0.2, 0.25) is 0 Å². The summed E-state index contributed by atoms with van der Waals surface area (Å²) in [7, 11) is -9.83. The molecule has 6 atom stereocenters. The van der Waals surface area contributed by atoms with Crippen LogP contribution in [0.4, 0.5) is 5.82 Å². The normalized spacial score (nSPS) is 28.5. The lowest BCUT2D eigenvalue weighted by molar-refractivity contribution is -0.0483. The number of imidazole rings is 1. The van der Waals surface area contributed by atoms with E-state index in [0.717, 1.165) is 6.33 Å². The molecule has 0 bridgehead atoms. The Morgan fingerprint density at radius 1 is 1.13 bits per heavy atom. The minimum Gasteiger partial charge on any atom is -0.387 e. The second kappa shape index (κ2) is 8.80. The average molecular weight is 521 g/mol. The largest absolute Gasteiger partial charge is 0.387 e. The molecule has 2 aromatic heterocycles. The molecule has 0 aromatic carbocycles. The molecule has 1 saturated heterocycles. The summed E-state index contributed by atoms with van der Waals surface area (Å²) >= 11 is 4.05. The molecule has 3 unspecified atom stereocenters. The third kappa shape index (κ3) is 5.92. The number of aliphatic hydroxyl groups is 2. The number of nitrogens with zero attached hydrogens (tertiary/aromatic N) is 4. The summed E-state index contributed by atoms with van der Waals surface area (Å²) in [4.78, 5) is 48.9. The van der Waals surface area contributed by atoms with Crippen LogP contribution < -0.4 is 5.73 Å². The first-order valence-electron chi connectivity index (χ1n) is 8.19. The van der Waals surface area contributed by atoms with Crippen molar-refractivity contribution in [2.24, 2.45) is 0 Å². The fourth-order valence-electron chi connectivity index (χ4n) is 2.80. The molecule has 0 aliphatic carbocycles. The van der Waals surface area contributed by atoms with Crippen LogP contribution in [0, 0.1) is 0 Å². The highest BCUT2D eigenvalue weighted by Gasteiger charge is 2.46. The predicted octanol–water partition coefficient (Wildman–Crippen LogP) is -1.40. The van der Waals surface area contributed by atoms with Crippen LogP contribution in [-0.4, -0.2) is 80.1 Å². The molecule has 1 aliphatic heterocycles. The van der Waals surface area contributed by atoms with E-state index < -0.39 is 59.0 Å².